The molecule has 0 radical (unpaired) electrons. The Morgan fingerprint density at radius 3 is 2.34 bits per heavy atom. The minimum atomic E-state index is -0.922. The largest absolute Gasteiger partial charge is 0.481 e. The number of benzene rings is 2. The normalized spacial score (nSPS) is 19.6. The highest BCUT2D eigenvalue weighted by Crippen LogP contribution is 2.44. The van der Waals surface area contributed by atoms with Crippen LogP contribution in [0.1, 0.15) is 35.7 Å². The van der Waals surface area contributed by atoms with Gasteiger partial charge in [-0.05, 0) is 29.2 Å². The number of carbonyl (C=O) groups is 2. The summed E-state index contributed by atoms with van der Waals surface area (Å²) in [5.41, 5.74) is 4.63. The first-order valence-electron chi connectivity index (χ1n) is 10.9. The molecule has 2 unspecified atom stereocenters. The van der Waals surface area contributed by atoms with Gasteiger partial charge in [0.25, 0.3) is 0 Å². The molecule has 1 fully saturated rings. The number of fused-ring (bicyclic) bond motifs is 3. The van der Waals surface area contributed by atoms with Gasteiger partial charge in [-0.2, -0.15) is 0 Å². The first-order valence-corrected chi connectivity index (χ1v) is 10.9. The van der Waals surface area contributed by atoms with Crippen LogP contribution >= 0.6 is 0 Å². The minimum absolute atomic E-state index is 0.0287. The summed E-state index contributed by atoms with van der Waals surface area (Å²) in [7, 11) is 0. The average Bonchev–Trinajstić information content (AvgIpc) is 3.52. The summed E-state index contributed by atoms with van der Waals surface area (Å²) >= 11 is 0. The number of aliphatic carboxylic acids is 1. The van der Waals surface area contributed by atoms with Crippen molar-refractivity contribution in [3.8, 4) is 11.1 Å². The third-order valence-corrected chi connectivity index (χ3v) is 6.65. The number of carboxylic acids is 1. The molecule has 1 aliphatic carbocycles. The number of amides is 1. The van der Waals surface area contributed by atoms with E-state index in [1.165, 1.54) is 16.0 Å². The Labute approximate surface area is 186 Å². The van der Waals surface area contributed by atoms with Crippen LogP contribution in [0, 0.1) is 5.92 Å². The predicted octanol–water partition coefficient (Wildman–Crippen LogP) is 3.95. The van der Waals surface area contributed by atoms with Crippen molar-refractivity contribution in [3.05, 3.63) is 77.9 Å². The van der Waals surface area contributed by atoms with Crippen LogP contribution in [0.5, 0.6) is 0 Å². The van der Waals surface area contributed by atoms with E-state index in [0.29, 0.717) is 12.4 Å². The summed E-state index contributed by atoms with van der Waals surface area (Å²) in [5.74, 6) is -1.31. The number of aryl methyl sites for hydroxylation is 1. The van der Waals surface area contributed by atoms with Gasteiger partial charge in [0, 0.05) is 37.9 Å². The van der Waals surface area contributed by atoms with Gasteiger partial charge in [0.2, 0.25) is 0 Å². The Bertz CT molecular complexity index is 1130. The minimum Gasteiger partial charge on any atom is -0.481 e. The van der Waals surface area contributed by atoms with Crippen molar-refractivity contribution in [1.29, 1.82) is 0 Å². The molecule has 2 aromatic carbocycles. The molecule has 3 aromatic rings. The van der Waals surface area contributed by atoms with E-state index in [2.05, 4.69) is 29.2 Å². The van der Waals surface area contributed by atoms with Gasteiger partial charge in [-0.15, -0.1) is 0 Å². The molecule has 164 valence electrons. The van der Waals surface area contributed by atoms with Gasteiger partial charge in [-0.3, -0.25) is 4.79 Å². The number of imidazole rings is 1. The second kappa shape index (κ2) is 8.15. The molecular formula is C25H25N3O4. The Kier molecular flexibility index (Phi) is 5.17. The summed E-state index contributed by atoms with van der Waals surface area (Å²) in [4.78, 5) is 30.7. The molecule has 1 aliphatic heterocycles. The lowest BCUT2D eigenvalue weighted by molar-refractivity contribution is -0.141. The molecular weight excluding hydrogens is 406 g/mol. The van der Waals surface area contributed by atoms with Crippen molar-refractivity contribution in [2.45, 2.75) is 25.3 Å². The number of rotatable bonds is 5. The second-order valence-corrected chi connectivity index (χ2v) is 8.33. The first kappa shape index (κ1) is 20.3. The van der Waals surface area contributed by atoms with E-state index < -0.39 is 18.0 Å². The second-order valence-electron chi connectivity index (χ2n) is 8.33. The van der Waals surface area contributed by atoms with Crippen LogP contribution in [0.4, 0.5) is 4.79 Å². The molecule has 1 aromatic heterocycles. The summed E-state index contributed by atoms with van der Waals surface area (Å²) in [6.45, 7) is 3.30. The van der Waals surface area contributed by atoms with Gasteiger partial charge in [0.05, 0.1) is 11.8 Å². The highest BCUT2D eigenvalue weighted by Gasteiger charge is 2.43. The molecule has 1 N–H and O–H groups in total. The van der Waals surface area contributed by atoms with Gasteiger partial charge in [-0.1, -0.05) is 48.5 Å². The molecule has 0 spiro atoms. The van der Waals surface area contributed by atoms with Crippen molar-refractivity contribution in [2.24, 2.45) is 5.92 Å². The highest BCUT2D eigenvalue weighted by atomic mass is 16.6. The van der Waals surface area contributed by atoms with Gasteiger partial charge in [0.15, 0.2) is 0 Å². The zero-order chi connectivity index (χ0) is 22.2. The van der Waals surface area contributed by atoms with E-state index in [4.69, 9.17) is 4.74 Å². The Morgan fingerprint density at radius 2 is 1.72 bits per heavy atom. The van der Waals surface area contributed by atoms with E-state index in [1.807, 2.05) is 42.0 Å². The molecule has 2 aliphatic rings. The summed E-state index contributed by atoms with van der Waals surface area (Å²) in [5, 5.41) is 9.75. The maximum absolute atomic E-state index is 12.9. The van der Waals surface area contributed by atoms with Crippen LogP contribution in [0.25, 0.3) is 11.1 Å². The predicted molar refractivity (Wildman–Crippen MR) is 118 cm³/mol. The molecule has 0 saturated carbocycles. The van der Waals surface area contributed by atoms with Crippen molar-refractivity contribution in [2.75, 3.05) is 19.7 Å². The quantitative estimate of drug-likeness (QED) is 0.661. The Morgan fingerprint density at radius 1 is 1.06 bits per heavy atom. The van der Waals surface area contributed by atoms with E-state index in [0.717, 1.165) is 11.1 Å². The Hall–Kier alpha value is -3.61. The molecule has 7 nitrogen and oxygen atoms in total. The molecule has 1 amide bonds. The number of ether oxygens (including phenoxy) is 1. The maximum Gasteiger partial charge on any atom is 0.409 e. The first-order chi connectivity index (χ1) is 15.6. The maximum atomic E-state index is 12.9. The van der Waals surface area contributed by atoms with Crippen molar-refractivity contribution < 1.29 is 19.4 Å². The van der Waals surface area contributed by atoms with Gasteiger partial charge in [0.1, 0.15) is 12.4 Å². The molecule has 2 atom stereocenters. The fourth-order valence-electron chi connectivity index (χ4n) is 5.07. The van der Waals surface area contributed by atoms with Crippen molar-refractivity contribution in [1.82, 2.24) is 14.5 Å². The monoisotopic (exact) mass is 431 g/mol. The summed E-state index contributed by atoms with van der Waals surface area (Å²) in [6, 6.07) is 16.4. The zero-order valence-corrected chi connectivity index (χ0v) is 17.8. The number of likely N-dealkylation sites (tertiary alicyclic amines) is 1. The number of hydrogen-bond acceptors (Lipinski definition) is 4. The molecule has 32 heavy (non-hydrogen) atoms. The Balaban J connectivity index is 1.32. The van der Waals surface area contributed by atoms with Crippen molar-refractivity contribution in [3.63, 3.8) is 0 Å². The summed E-state index contributed by atoms with van der Waals surface area (Å²) in [6.07, 6.45) is 3.04. The molecule has 5 rings (SSSR count). The van der Waals surface area contributed by atoms with Gasteiger partial charge < -0.3 is 19.3 Å². The number of nitrogens with zero attached hydrogens (tertiary/aromatic N) is 3. The third-order valence-electron chi connectivity index (χ3n) is 6.65. The fraction of sp³-hybridized carbons (Fsp3) is 0.320. The average molecular weight is 431 g/mol. The lowest BCUT2D eigenvalue weighted by Crippen LogP contribution is -2.31. The van der Waals surface area contributed by atoms with E-state index >= 15 is 0 Å². The zero-order valence-electron chi connectivity index (χ0n) is 17.8. The molecule has 2 heterocycles. The number of carboxylic acid groups (broad SMARTS) is 1. The standard InChI is InChI=1S/C25H25N3O4/c1-2-27-12-11-26-23(27)20-13-28(14-21(20)24(29)30)25(31)32-15-22-18-9-5-3-7-16(18)17-8-4-6-10-19(17)22/h3-12,20-22H,2,13-15H2,1H3,(H,29,30). The van der Waals surface area contributed by atoms with Crippen molar-refractivity contribution >= 4 is 12.1 Å². The fourth-order valence-corrected chi connectivity index (χ4v) is 5.07. The summed E-state index contributed by atoms with van der Waals surface area (Å²) < 4.78 is 7.67. The molecule has 7 heteroatoms. The smallest absolute Gasteiger partial charge is 0.409 e. The van der Waals surface area contributed by atoms with E-state index in [-0.39, 0.29) is 31.5 Å². The van der Waals surface area contributed by atoms with Gasteiger partial charge in [-0.25, -0.2) is 9.78 Å². The van der Waals surface area contributed by atoms with E-state index in [9.17, 15) is 14.7 Å². The number of aromatic nitrogens is 2. The van der Waals surface area contributed by atoms with Crippen LogP contribution < -0.4 is 0 Å². The lowest BCUT2D eigenvalue weighted by Gasteiger charge is -2.19. The number of hydrogen-bond donors (Lipinski definition) is 1. The molecule has 1 saturated heterocycles. The molecule has 0 bridgehead atoms. The van der Waals surface area contributed by atoms with Crippen LogP contribution in [0.15, 0.2) is 60.9 Å². The van der Waals surface area contributed by atoms with Crippen LogP contribution in [-0.2, 0) is 16.1 Å². The third kappa shape index (κ3) is 3.34. The van der Waals surface area contributed by atoms with Crippen LogP contribution in [0.2, 0.25) is 0 Å². The lowest BCUT2D eigenvalue weighted by atomic mass is 9.95. The SMILES string of the molecule is CCn1ccnc1C1CN(C(=O)OCC2c3ccccc3-c3ccccc32)CC1C(=O)O. The number of carbonyl (C=O) groups excluding carboxylic acids is 1. The topological polar surface area (TPSA) is 84.7 Å². The van der Waals surface area contributed by atoms with Crippen LogP contribution in [0.3, 0.4) is 0 Å². The highest BCUT2D eigenvalue weighted by molar-refractivity contribution is 5.79. The van der Waals surface area contributed by atoms with Crippen LogP contribution in [-0.4, -0.2) is 51.3 Å². The van der Waals surface area contributed by atoms with E-state index in [1.54, 1.807) is 6.20 Å². The van der Waals surface area contributed by atoms with Gasteiger partial charge >= 0.3 is 12.1 Å².